The molecular weight excluding hydrogens is 260 g/mol. The molecule has 21 heavy (non-hydrogen) atoms. The van der Waals surface area contributed by atoms with Crippen LogP contribution < -0.4 is 11.1 Å². The third kappa shape index (κ3) is 3.29. The molecule has 1 aliphatic rings. The molecule has 1 aromatic rings. The molecule has 1 aromatic carbocycles. The number of nitrogens with two attached hydrogens (primary N) is 1. The molecule has 0 aromatic heterocycles. The number of carbonyl (C=O) groups is 1. The van der Waals surface area contributed by atoms with Gasteiger partial charge in [-0.2, -0.15) is 0 Å². The molecule has 3 N–H and O–H groups in total. The van der Waals surface area contributed by atoms with Crippen LogP contribution in [0.2, 0.25) is 0 Å². The summed E-state index contributed by atoms with van der Waals surface area (Å²) in [4.78, 5) is 12.9. The lowest BCUT2D eigenvalue weighted by atomic mass is 9.77. The molecule has 0 spiro atoms. The number of benzene rings is 1. The Labute approximate surface area is 128 Å². The first-order chi connectivity index (χ1) is 10.1. The zero-order valence-electron chi connectivity index (χ0n) is 13.3. The minimum Gasteiger partial charge on any atom is -0.353 e. The molecule has 0 atom stereocenters. The van der Waals surface area contributed by atoms with Crippen LogP contribution in [0, 0.1) is 0 Å². The highest BCUT2D eigenvalue weighted by atomic mass is 16.2. The average molecular weight is 288 g/mol. The van der Waals surface area contributed by atoms with E-state index in [2.05, 4.69) is 31.3 Å². The van der Waals surface area contributed by atoms with Gasteiger partial charge in [0.25, 0.3) is 0 Å². The molecule has 0 radical (unpaired) electrons. The molecule has 1 saturated carbocycles. The van der Waals surface area contributed by atoms with Gasteiger partial charge in [0.05, 0.1) is 5.41 Å². The molecule has 1 aliphatic carbocycles. The zero-order chi connectivity index (χ0) is 15.3. The Balaban J connectivity index is 2.14. The summed E-state index contributed by atoms with van der Waals surface area (Å²) in [6, 6.07) is 10.2. The van der Waals surface area contributed by atoms with E-state index >= 15 is 0 Å². The monoisotopic (exact) mass is 288 g/mol. The van der Waals surface area contributed by atoms with E-state index in [-0.39, 0.29) is 16.9 Å². The highest BCUT2D eigenvalue weighted by Crippen LogP contribution is 2.41. The quantitative estimate of drug-likeness (QED) is 0.845. The molecule has 1 fully saturated rings. The predicted molar refractivity (Wildman–Crippen MR) is 87.1 cm³/mol. The second kappa shape index (κ2) is 6.61. The Hall–Kier alpha value is -1.35. The van der Waals surface area contributed by atoms with Crippen LogP contribution in [0.15, 0.2) is 30.3 Å². The largest absolute Gasteiger partial charge is 0.353 e. The van der Waals surface area contributed by atoms with Crippen LogP contribution >= 0.6 is 0 Å². The lowest BCUT2D eigenvalue weighted by Gasteiger charge is -2.32. The van der Waals surface area contributed by atoms with Gasteiger partial charge in [-0.05, 0) is 31.2 Å². The molecule has 116 valence electrons. The van der Waals surface area contributed by atoms with E-state index in [0.717, 1.165) is 44.1 Å². The van der Waals surface area contributed by atoms with Crippen molar-refractivity contribution in [2.75, 3.05) is 6.54 Å². The fourth-order valence-corrected chi connectivity index (χ4v) is 3.31. The average Bonchev–Trinajstić information content (AvgIpc) is 3.04. The number of nitrogens with one attached hydrogen (secondary N) is 1. The van der Waals surface area contributed by atoms with Crippen LogP contribution in [0.4, 0.5) is 0 Å². The standard InChI is InChI=1S/C18H28N2O/c1-3-17(19,4-2)14-20-16(21)18(12-8-9-13-18)15-10-6-5-7-11-15/h5-7,10-11H,3-4,8-9,12-14,19H2,1-2H3,(H,20,21). The fraction of sp³-hybridized carbons (Fsp3) is 0.611. The number of amides is 1. The number of rotatable bonds is 6. The smallest absolute Gasteiger partial charge is 0.230 e. The van der Waals surface area contributed by atoms with Crippen molar-refractivity contribution in [3.8, 4) is 0 Å². The van der Waals surface area contributed by atoms with Gasteiger partial charge >= 0.3 is 0 Å². The maximum Gasteiger partial charge on any atom is 0.230 e. The molecule has 0 heterocycles. The molecule has 0 saturated heterocycles. The lowest BCUT2D eigenvalue weighted by molar-refractivity contribution is -0.127. The highest BCUT2D eigenvalue weighted by Gasteiger charge is 2.42. The summed E-state index contributed by atoms with van der Waals surface area (Å²) in [5.74, 6) is 0.155. The van der Waals surface area contributed by atoms with Gasteiger partial charge in [0.1, 0.15) is 0 Å². The maximum absolute atomic E-state index is 12.9. The molecule has 3 nitrogen and oxygen atoms in total. The predicted octanol–water partition coefficient (Wildman–Crippen LogP) is 3.13. The Morgan fingerprint density at radius 2 is 1.76 bits per heavy atom. The molecule has 1 amide bonds. The SMILES string of the molecule is CCC(N)(CC)CNC(=O)C1(c2ccccc2)CCCC1. The Morgan fingerprint density at radius 3 is 2.29 bits per heavy atom. The van der Waals surface area contributed by atoms with E-state index in [1.54, 1.807) is 0 Å². The number of hydrogen-bond acceptors (Lipinski definition) is 2. The normalized spacial score (nSPS) is 17.7. The summed E-state index contributed by atoms with van der Waals surface area (Å²) in [7, 11) is 0. The van der Waals surface area contributed by atoms with Crippen LogP contribution in [-0.2, 0) is 10.2 Å². The maximum atomic E-state index is 12.9. The summed E-state index contributed by atoms with van der Waals surface area (Å²) >= 11 is 0. The third-order valence-corrected chi connectivity index (χ3v) is 5.23. The van der Waals surface area contributed by atoms with Crippen LogP contribution in [-0.4, -0.2) is 18.0 Å². The van der Waals surface area contributed by atoms with E-state index in [1.807, 2.05) is 18.2 Å². The second-order valence-electron chi connectivity index (χ2n) is 6.41. The van der Waals surface area contributed by atoms with Gasteiger partial charge < -0.3 is 11.1 Å². The molecule has 2 rings (SSSR count). The number of carbonyl (C=O) groups excluding carboxylic acids is 1. The van der Waals surface area contributed by atoms with Gasteiger partial charge in [0, 0.05) is 12.1 Å². The van der Waals surface area contributed by atoms with Gasteiger partial charge in [-0.15, -0.1) is 0 Å². The van der Waals surface area contributed by atoms with Gasteiger partial charge in [-0.1, -0.05) is 57.0 Å². The topological polar surface area (TPSA) is 55.1 Å². The van der Waals surface area contributed by atoms with Crippen molar-refractivity contribution < 1.29 is 4.79 Å². The van der Waals surface area contributed by atoms with Gasteiger partial charge in [0.2, 0.25) is 5.91 Å². The first-order valence-corrected chi connectivity index (χ1v) is 8.19. The first-order valence-electron chi connectivity index (χ1n) is 8.19. The molecule has 0 unspecified atom stereocenters. The Kier molecular flexibility index (Phi) is 5.04. The Morgan fingerprint density at radius 1 is 1.19 bits per heavy atom. The van der Waals surface area contributed by atoms with Crippen molar-refractivity contribution in [1.29, 1.82) is 0 Å². The lowest BCUT2D eigenvalue weighted by Crippen LogP contribution is -2.53. The van der Waals surface area contributed by atoms with E-state index in [4.69, 9.17) is 5.73 Å². The second-order valence-corrected chi connectivity index (χ2v) is 6.41. The summed E-state index contributed by atoms with van der Waals surface area (Å²) in [5, 5.41) is 3.14. The van der Waals surface area contributed by atoms with E-state index < -0.39 is 0 Å². The minimum absolute atomic E-state index is 0.155. The number of hydrogen-bond donors (Lipinski definition) is 2. The van der Waals surface area contributed by atoms with Crippen LogP contribution in [0.5, 0.6) is 0 Å². The van der Waals surface area contributed by atoms with E-state index in [9.17, 15) is 4.79 Å². The summed E-state index contributed by atoms with van der Waals surface area (Å²) < 4.78 is 0. The van der Waals surface area contributed by atoms with Crippen LogP contribution in [0.3, 0.4) is 0 Å². The summed E-state index contributed by atoms with van der Waals surface area (Å²) in [5.41, 5.74) is 6.83. The van der Waals surface area contributed by atoms with Crippen molar-refractivity contribution in [3.05, 3.63) is 35.9 Å². The van der Waals surface area contributed by atoms with Crippen LogP contribution in [0.25, 0.3) is 0 Å². The third-order valence-electron chi connectivity index (χ3n) is 5.23. The first kappa shape index (κ1) is 16.0. The van der Waals surface area contributed by atoms with Crippen molar-refractivity contribution in [1.82, 2.24) is 5.32 Å². The molecule has 3 heteroatoms. The minimum atomic E-state index is -0.344. The summed E-state index contributed by atoms with van der Waals surface area (Å²) in [6.07, 6.45) is 5.89. The van der Waals surface area contributed by atoms with Gasteiger partial charge in [-0.3, -0.25) is 4.79 Å². The molecule has 0 bridgehead atoms. The van der Waals surface area contributed by atoms with Crippen molar-refractivity contribution in [3.63, 3.8) is 0 Å². The van der Waals surface area contributed by atoms with Crippen molar-refractivity contribution in [2.24, 2.45) is 5.73 Å². The molecular formula is C18H28N2O. The van der Waals surface area contributed by atoms with Crippen molar-refractivity contribution >= 4 is 5.91 Å². The fourth-order valence-electron chi connectivity index (χ4n) is 3.31. The summed E-state index contributed by atoms with van der Waals surface area (Å²) in [6.45, 7) is 4.73. The van der Waals surface area contributed by atoms with E-state index in [1.165, 1.54) is 0 Å². The van der Waals surface area contributed by atoms with Crippen molar-refractivity contribution in [2.45, 2.75) is 63.3 Å². The Bertz CT molecular complexity index is 459. The molecule has 0 aliphatic heterocycles. The highest BCUT2D eigenvalue weighted by molar-refractivity contribution is 5.88. The van der Waals surface area contributed by atoms with Gasteiger partial charge in [-0.25, -0.2) is 0 Å². The van der Waals surface area contributed by atoms with Crippen LogP contribution in [0.1, 0.15) is 57.9 Å². The van der Waals surface area contributed by atoms with Gasteiger partial charge in [0.15, 0.2) is 0 Å². The zero-order valence-corrected chi connectivity index (χ0v) is 13.3. The van der Waals surface area contributed by atoms with E-state index in [0.29, 0.717) is 6.54 Å².